The maximum absolute atomic E-state index is 14.1. The zero-order valence-electron chi connectivity index (χ0n) is 15.7. The van der Waals surface area contributed by atoms with Crippen LogP contribution in [0.15, 0.2) is 42.5 Å². The van der Waals surface area contributed by atoms with E-state index in [4.69, 9.17) is 14.2 Å². The largest absolute Gasteiger partial charge is 0.489 e. The van der Waals surface area contributed by atoms with Gasteiger partial charge in [-0.15, -0.1) is 0 Å². The third-order valence-electron chi connectivity index (χ3n) is 4.79. The molecule has 0 aliphatic carbocycles. The van der Waals surface area contributed by atoms with Crippen molar-refractivity contribution < 1.29 is 36.6 Å². The smallest absolute Gasteiger partial charge is 0.419 e. The summed E-state index contributed by atoms with van der Waals surface area (Å²) in [6.07, 6.45) is -4.57. The first-order valence-corrected chi connectivity index (χ1v) is 9.06. The SMILES string of the molecule is CCOC(=O)CC1(c2ccc(OCc3cccc(C(F)(F)F)c3F)cc2)COC1. The lowest BCUT2D eigenvalue weighted by atomic mass is 9.76. The second-order valence-electron chi connectivity index (χ2n) is 6.84. The molecule has 0 bridgehead atoms. The molecule has 29 heavy (non-hydrogen) atoms. The molecule has 2 aromatic rings. The summed E-state index contributed by atoms with van der Waals surface area (Å²) in [6, 6.07) is 9.87. The molecule has 0 amide bonds. The number of rotatable bonds is 7. The van der Waals surface area contributed by atoms with Gasteiger partial charge in [-0.05, 0) is 30.7 Å². The van der Waals surface area contributed by atoms with Crippen molar-refractivity contribution in [3.63, 3.8) is 0 Å². The van der Waals surface area contributed by atoms with Crippen molar-refractivity contribution >= 4 is 5.97 Å². The second kappa shape index (κ2) is 8.41. The van der Waals surface area contributed by atoms with Crippen LogP contribution in [0.4, 0.5) is 17.6 Å². The zero-order chi connectivity index (χ0) is 21.1. The van der Waals surface area contributed by atoms with E-state index in [9.17, 15) is 22.4 Å². The molecule has 0 saturated carbocycles. The van der Waals surface area contributed by atoms with Gasteiger partial charge < -0.3 is 14.2 Å². The average molecular weight is 412 g/mol. The highest BCUT2D eigenvalue weighted by atomic mass is 19.4. The number of hydrogen-bond donors (Lipinski definition) is 0. The number of hydrogen-bond acceptors (Lipinski definition) is 4. The van der Waals surface area contributed by atoms with Crippen molar-refractivity contribution in [2.45, 2.75) is 31.5 Å². The number of ether oxygens (including phenoxy) is 3. The Morgan fingerprint density at radius 2 is 1.83 bits per heavy atom. The predicted octanol–water partition coefficient (Wildman–Crippen LogP) is 4.64. The number of carbonyl (C=O) groups is 1. The van der Waals surface area contributed by atoms with E-state index in [0.29, 0.717) is 31.6 Å². The summed E-state index contributed by atoms with van der Waals surface area (Å²) in [5, 5.41) is 0. The molecular weight excluding hydrogens is 392 g/mol. The quantitative estimate of drug-likeness (QED) is 0.491. The Bertz CT molecular complexity index is 858. The molecule has 1 fully saturated rings. The van der Waals surface area contributed by atoms with Crippen LogP contribution in [0, 0.1) is 5.82 Å². The van der Waals surface area contributed by atoms with Gasteiger partial charge in [-0.1, -0.05) is 24.3 Å². The Balaban J connectivity index is 1.68. The molecule has 8 heteroatoms. The second-order valence-corrected chi connectivity index (χ2v) is 6.84. The van der Waals surface area contributed by atoms with Gasteiger partial charge in [-0.2, -0.15) is 13.2 Å². The van der Waals surface area contributed by atoms with Crippen molar-refractivity contribution in [3.05, 3.63) is 65.0 Å². The minimum Gasteiger partial charge on any atom is -0.489 e. The molecule has 0 atom stereocenters. The van der Waals surface area contributed by atoms with Crippen LogP contribution in [0.25, 0.3) is 0 Å². The molecule has 2 aromatic carbocycles. The summed E-state index contributed by atoms with van der Waals surface area (Å²) >= 11 is 0. The molecule has 1 aliphatic heterocycles. The number of carbonyl (C=O) groups excluding carboxylic acids is 1. The minimum absolute atomic E-state index is 0.185. The Hall–Kier alpha value is -2.61. The van der Waals surface area contributed by atoms with Gasteiger partial charge in [0, 0.05) is 5.56 Å². The Morgan fingerprint density at radius 3 is 2.38 bits per heavy atom. The van der Waals surface area contributed by atoms with Gasteiger partial charge in [0.25, 0.3) is 0 Å². The molecule has 0 unspecified atom stereocenters. The van der Waals surface area contributed by atoms with E-state index in [1.807, 2.05) is 0 Å². The molecule has 1 aliphatic rings. The van der Waals surface area contributed by atoms with E-state index < -0.39 is 23.0 Å². The molecule has 4 nitrogen and oxygen atoms in total. The standard InChI is InChI=1S/C21H20F4O4/c1-2-28-18(26)10-20(12-27-13-20)15-6-8-16(9-7-15)29-11-14-4-3-5-17(19(14)22)21(23,24)25/h3-9H,2,10-13H2,1H3. The minimum atomic E-state index is -4.76. The van der Waals surface area contributed by atoms with Gasteiger partial charge in [-0.25, -0.2) is 4.39 Å². The fourth-order valence-corrected chi connectivity index (χ4v) is 3.18. The van der Waals surface area contributed by atoms with Crippen LogP contribution >= 0.6 is 0 Å². The Labute approximate surface area is 165 Å². The van der Waals surface area contributed by atoms with E-state index in [1.165, 1.54) is 6.07 Å². The van der Waals surface area contributed by atoms with Gasteiger partial charge in [0.05, 0.1) is 37.2 Å². The summed E-state index contributed by atoms with van der Waals surface area (Å²) < 4.78 is 68.2. The topological polar surface area (TPSA) is 44.8 Å². The highest BCUT2D eigenvalue weighted by Gasteiger charge is 2.42. The molecule has 1 saturated heterocycles. The van der Waals surface area contributed by atoms with Crippen LogP contribution in [-0.4, -0.2) is 25.8 Å². The van der Waals surface area contributed by atoms with E-state index >= 15 is 0 Å². The molecule has 0 spiro atoms. The Morgan fingerprint density at radius 1 is 1.14 bits per heavy atom. The lowest BCUT2D eigenvalue weighted by Gasteiger charge is -2.41. The van der Waals surface area contributed by atoms with Crippen molar-refractivity contribution in [2.75, 3.05) is 19.8 Å². The van der Waals surface area contributed by atoms with Crippen LogP contribution in [-0.2, 0) is 32.5 Å². The van der Waals surface area contributed by atoms with Crippen LogP contribution < -0.4 is 4.74 Å². The van der Waals surface area contributed by atoms with Gasteiger partial charge in [-0.3, -0.25) is 4.79 Å². The van der Waals surface area contributed by atoms with Gasteiger partial charge >= 0.3 is 12.1 Å². The number of benzene rings is 2. The van der Waals surface area contributed by atoms with E-state index in [1.54, 1.807) is 31.2 Å². The summed E-state index contributed by atoms with van der Waals surface area (Å²) in [5.41, 5.74) is -1.10. The fourth-order valence-electron chi connectivity index (χ4n) is 3.18. The molecule has 0 N–H and O–H groups in total. The average Bonchev–Trinajstić information content (AvgIpc) is 2.64. The highest BCUT2D eigenvalue weighted by molar-refractivity contribution is 5.72. The van der Waals surface area contributed by atoms with Gasteiger partial charge in [0.1, 0.15) is 18.2 Å². The molecule has 1 heterocycles. The maximum Gasteiger partial charge on any atom is 0.419 e. The van der Waals surface area contributed by atoms with Crippen LogP contribution in [0.2, 0.25) is 0 Å². The van der Waals surface area contributed by atoms with Gasteiger partial charge in [0.15, 0.2) is 0 Å². The maximum atomic E-state index is 14.1. The van der Waals surface area contributed by atoms with Crippen LogP contribution in [0.5, 0.6) is 5.75 Å². The third-order valence-corrected chi connectivity index (χ3v) is 4.79. The van der Waals surface area contributed by atoms with Crippen LogP contribution in [0.3, 0.4) is 0 Å². The highest BCUT2D eigenvalue weighted by Crippen LogP contribution is 2.37. The summed E-state index contributed by atoms with van der Waals surface area (Å²) in [5.74, 6) is -1.27. The number of esters is 1. The van der Waals surface area contributed by atoms with Crippen molar-refractivity contribution in [1.29, 1.82) is 0 Å². The van der Waals surface area contributed by atoms with Crippen molar-refractivity contribution in [1.82, 2.24) is 0 Å². The fraction of sp³-hybridized carbons (Fsp3) is 0.381. The van der Waals surface area contributed by atoms with Crippen molar-refractivity contribution in [3.8, 4) is 5.75 Å². The third kappa shape index (κ3) is 4.70. The molecule has 156 valence electrons. The molecular formula is C21H20F4O4. The summed E-state index contributed by atoms with van der Waals surface area (Å²) in [7, 11) is 0. The first kappa shape index (κ1) is 21.1. The van der Waals surface area contributed by atoms with Crippen molar-refractivity contribution in [2.24, 2.45) is 0 Å². The number of alkyl halides is 3. The Kier molecular flexibility index (Phi) is 6.12. The van der Waals surface area contributed by atoms with E-state index in [-0.39, 0.29) is 24.6 Å². The first-order chi connectivity index (χ1) is 13.7. The molecule has 3 rings (SSSR count). The van der Waals surface area contributed by atoms with E-state index in [0.717, 1.165) is 11.6 Å². The summed E-state index contributed by atoms with van der Waals surface area (Å²) in [4.78, 5) is 11.9. The normalized spacial score (nSPS) is 15.5. The first-order valence-electron chi connectivity index (χ1n) is 9.06. The van der Waals surface area contributed by atoms with Gasteiger partial charge in [0.2, 0.25) is 0 Å². The predicted molar refractivity (Wildman–Crippen MR) is 95.9 cm³/mol. The lowest BCUT2D eigenvalue weighted by Crippen LogP contribution is -2.48. The van der Waals surface area contributed by atoms with E-state index in [2.05, 4.69) is 0 Å². The van der Waals surface area contributed by atoms with Crippen LogP contribution in [0.1, 0.15) is 30.0 Å². The molecule has 0 aromatic heterocycles. The summed E-state index contributed by atoms with van der Waals surface area (Å²) in [6.45, 7) is 2.48. The molecule has 0 radical (unpaired) electrons. The zero-order valence-corrected chi connectivity index (χ0v) is 15.7. The lowest BCUT2D eigenvalue weighted by molar-refractivity contribution is -0.151. The monoisotopic (exact) mass is 412 g/mol. The number of halogens is 4.